The average Bonchev–Trinajstić information content (AvgIpc) is 2.58. The maximum absolute atomic E-state index is 8.44. The van der Waals surface area contributed by atoms with E-state index in [0.717, 1.165) is 18.4 Å². The molecule has 2 atom stereocenters. The summed E-state index contributed by atoms with van der Waals surface area (Å²) in [4.78, 5) is 2.43. The van der Waals surface area contributed by atoms with Crippen LogP contribution in [0, 0.1) is 23.2 Å². The van der Waals surface area contributed by atoms with Crippen molar-refractivity contribution >= 4 is 0 Å². The second kappa shape index (κ2) is 3.42. The van der Waals surface area contributed by atoms with Gasteiger partial charge in [-0.15, -0.1) is 0 Å². The van der Waals surface area contributed by atoms with Crippen LogP contribution in [-0.2, 0) is 0 Å². The van der Waals surface area contributed by atoms with Gasteiger partial charge < -0.3 is 10.2 Å². The molecule has 2 fully saturated rings. The Balaban J connectivity index is 1.80. The molecule has 2 aliphatic heterocycles. The first-order valence-electron chi connectivity index (χ1n) is 4.70. The summed E-state index contributed by atoms with van der Waals surface area (Å²) in [5.74, 6) is 1.73. The number of likely N-dealkylation sites (tertiary alicyclic amines) is 1. The summed E-state index contributed by atoms with van der Waals surface area (Å²) in [6.45, 7) is 5.77. The number of rotatable bonds is 2. The van der Waals surface area contributed by atoms with Gasteiger partial charge in [0.05, 0.1) is 6.07 Å². The molecule has 1 N–H and O–H groups in total. The molecule has 0 aliphatic carbocycles. The van der Waals surface area contributed by atoms with Gasteiger partial charge in [-0.25, -0.2) is 0 Å². The van der Waals surface area contributed by atoms with Gasteiger partial charge in [-0.05, 0) is 24.9 Å². The van der Waals surface area contributed by atoms with E-state index in [4.69, 9.17) is 5.26 Å². The quantitative estimate of drug-likeness (QED) is 0.628. The van der Waals surface area contributed by atoms with E-state index in [1.54, 1.807) is 0 Å². The van der Waals surface area contributed by atoms with E-state index in [9.17, 15) is 0 Å². The van der Waals surface area contributed by atoms with Crippen molar-refractivity contribution in [3.63, 3.8) is 0 Å². The lowest BCUT2D eigenvalue weighted by Gasteiger charge is -2.14. The lowest BCUT2D eigenvalue weighted by molar-refractivity contribution is 0.320. The number of nitrogens with one attached hydrogen (secondary N) is 1. The molecule has 0 amide bonds. The van der Waals surface area contributed by atoms with Crippen LogP contribution in [-0.4, -0.2) is 37.6 Å². The van der Waals surface area contributed by atoms with Gasteiger partial charge in [0.2, 0.25) is 0 Å². The van der Waals surface area contributed by atoms with Crippen LogP contribution in [0.25, 0.3) is 0 Å². The van der Waals surface area contributed by atoms with E-state index in [1.165, 1.54) is 26.2 Å². The van der Waals surface area contributed by atoms with Gasteiger partial charge in [-0.3, -0.25) is 0 Å². The third kappa shape index (κ3) is 1.45. The normalized spacial score (nSPS) is 34.9. The van der Waals surface area contributed by atoms with Crippen LogP contribution < -0.4 is 5.32 Å². The first kappa shape index (κ1) is 8.03. The Bertz CT molecular complexity index is 184. The minimum atomic E-state index is 0.687. The number of nitrogens with zero attached hydrogens (tertiary/aromatic N) is 2. The molecule has 12 heavy (non-hydrogen) atoms. The number of fused-ring (bicyclic) bond motifs is 1. The fourth-order valence-corrected chi connectivity index (χ4v) is 2.34. The van der Waals surface area contributed by atoms with Crippen molar-refractivity contribution in [1.29, 1.82) is 5.26 Å². The van der Waals surface area contributed by atoms with Crippen LogP contribution in [0.15, 0.2) is 0 Å². The van der Waals surface area contributed by atoms with Gasteiger partial charge in [0.1, 0.15) is 0 Å². The SMILES string of the molecule is N#CCCN1CC2CNCC2C1. The zero-order valence-corrected chi connectivity index (χ0v) is 7.29. The zero-order valence-electron chi connectivity index (χ0n) is 7.29. The highest BCUT2D eigenvalue weighted by molar-refractivity contribution is 4.91. The Labute approximate surface area is 73.3 Å². The van der Waals surface area contributed by atoms with Gasteiger partial charge in [0, 0.05) is 26.1 Å². The minimum Gasteiger partial charge on any atom is -0.316 e. The summed E-state index contributed by atoms with van der Waals surface area (Å²) < 4.78 is 0. The largest absolute Gasteiger partial charge is 0.316 e. The highest BCUT2D eigenvalue weighted by Crippen LogP contribution is 2.25. The summed E-state index contributed by atoms with van der Waals surface area (Å²) in [5, 5.41) is 11.8. The lowest BCUT2D eigenvalue weighted by atomic mass is 10.0. The van der Waals surface area contributed by atoms with Gasteiger partial charge in [-0.1, -0.05) is 0 Å². The molecule has 2 rings (SSSR count). The van der Waals surface area contributed by atoms with Crippen LogP contribution in [0.1, 0.15) is 6.42 Å². The van der Waals surface area contributed by atoms with E-state index in [0.29, 0.717) is 6.42 Å². The van der Waals surface area contributed by atoms with Crippen molar-refractivity contribution in [2.45, 2.75) is 6.42 Å². The van der Waals surface area contributed by atoms with Crippen LogP contribution in [0.2, 0.25) is 0 Å². The predicted molar refractivity (Wildman–Crippen MR) is 46.5 cm³/mol. The monoisotopic (exact) mass is 165 g/mol. The lowest BCUT2D eigenvalue weighted by Crippen LogP contribution is -2.26. The molecule has 3 nitrogen and oxygen atoms in total. The molecule has 3 heteroatoms. The second-order valence-electron chi connectivity index (χ2n) is 3.85. The molecule has 0 aromatic rings. The zero-order chi connectivity index (χ0) is 8.39. The van der Waals surface area contributed by atoms with Crippen molar-refractivity contribution in [2.24, 2.45) is 11.8 Å². The number of nitriles is 1. The van der Waals surface area contributed by atoms with Crippen molar-refractivity contribution in [3.8, 4) is 6.07 Å². The molecule has 2 aliphatic rings. The highest BCUT2D eigenvalue weighted by atomic mass is 15.2. The fraction of sp³-hybridized carbons (Fsp3) is 0.889. The topological polar surface area (TPSA) is 39.1 Å². The molecule has 0 radical (unpaired) electrons. The number of hydrogen-bond donors (Lipinski definition) is 1. The molecule has 0 aromatic heterocycles. The van der Waals surface area contributed by atoms with E-state index in [1.807, 2.05) is 0 Å². The molecule has 0 spiro atoms. The van der Waals surface area contributed by atoms with E-state index in [-0.39, 0.29) is 0 Å². The molecular formula is C9H15N3. The van der Waals surface area contributed by atoms with Crippen LogP contribution in [0.4, 0.5) is 0 Å². The maximum atomic E-state index is 8.44. The first-order valence-corrected chi connectivity index (χ1v) is 4.70. The minimum absolute atomic E-state index is 0.687. The van der Waals surface area contributed by atoms with Gasteiger partial charge in [-0.2, -0.15) is 5.26 Å². The Morgan fingerprint density at radius 1 is 1.33 bits per heavy atom. The van der Waals surface area contributed by atoms with Gasteiger partial charge in [0.25, 0.3) is 0 Å². The van der Waals surface area contributed by atoms with Gasteiger partial charge in [0.15, 0.2) is 0 Å². The summed E-state index contributed by atoms with van der Waals surface area (Å²) >= 11 is 0. The molecule has 2 heterocycles. The molecule has 66 valence electrons. The third-order valence-corrected chi connectivity index (χ3v) is 3.00. The molecular weight excluding hydrogens is 150 g/mol. The van der Waals surface area contributed by atoms with Crippen molar-refractivity contribution in [1.82, 2.24) is 10.2 Å². The van der Waals surface area contributed by atoms with Crippen LogP contribution >= 0.6 is 0 Å². The van der Waals surface area contributed by atoms with Crippen LogP contribution in [0.3, 0.4) is 0 Å². The predicted octanol–water partition coefficient (Wildman–Crippen LogP) is 0.0513. The third-order valence-electron chi connectivity index (χ3n) is 3.00. The number of hydrogen-bond acceptors (Lipinski definition) is 3. The maximum Gasteiger partial charge on any atom is 0.0635 e. The molecule has 0 saturated carbocycles. The summed E-state index contributed by atoms with van der Waals surface area (Å²) in [5.41, 5.74) is 0. The van der Waals surface area contributed by atoms with Crippen molar-refractivity contribution < 1.29 is 0 Å². The highest BCUT2D eigenvalue weighted by Gasteiger charge is 2.35. The second-order valence-corrected chi connectivity index (χ2v) is 3.85. The molecule has 0 bridgehead atoms. The fourth-order valence-electron chi connectivity index (χ4n) is 2.34. The Kier molecular flexibility index (Phi) is 2.29. The first-order chi connectivity index (χ1) is 5.90. The molecule has 0 aromatic carbocycles. The standard InChI is InChI=1S/C9H15N3/c10-2-1-3-12-6-8-4-11-5-9(8)7-12/h8-9,11H,1,3-7H2. The summed E-state index contributed by atoms with van der Waals surface area (Å²) in [7, 11) is 0. The molecule has 2 saturated heterocycles. The summed E-state index contributed by atoms with van der Waals surface area (Å²) in [6, 6.07) is 2.20. The van der Waals surface area contributed by atoms with Crippen molar-refractivity contribution in [2.75, 3.05) is 32.7 Å². The van der Waals surface area contributed by atoms with Gasteiger partial charge >= 0.3 is 0 Å². The Morgan fingerprint density at radius 2 is 2.00 bits per heavy atom. The Morgan fingerprint density at radius 3 is 2.58 bits per heavy atom. The van der Waals surface area contributed by atoms with E-state index < -0.39 is 0 Å². The van der Waals surface area contributed by atoms with Crippen LogP contribution in [0.5, 0.6) is 0 Å². The smallest absolute Gasteiger partial charge is 0.0635 e. The average molecular weight is 165 g/mol. The van der Waals surface area contributed by atoms with Crippen molar-refractivity contribution in [3.05, 3.63) is 0 Å². The molecule has 2 unspecified atom stereocenters. The Hall–Kier alpha value is -0.590. The van der Waals surface area contributed by atoms with E-state index >= 15 is 0 Å². The summed E-state index contributed by atoms with van der Waals surface area (Å²) in [6.07, 6.45) is 0.687. The van der Waals surface area contributed by atoms with E-state index in [2.05, 4.69) is 16.3 Å².